The van der Waals surface area contributed by atoms with Crippen LogP contribution in [0.5, 0.6) is 5.75 Å². The predicted molar refractivity (Wildman–Crippen MR) is 61.8 cm³/mol. The minimum Gasteiger partial charge on any atom is -0.388 e. The fraction of sp³-hybridized carbons (Fsp3) is 0.273. The van der Waals surface area contributed by atoms with Crippen LogP contribution in [-0.2, 0) is 10.1 Å². The van der Waals surface area contributed by atoms with Crippen LogP contribution in [0.2, 0.25) is 0 Å². The Balaban J connectivity index is 2.87. The number of hydrogen-bond donors (Lipinski definition) is 1. The van der Waals surface area contributed by atoms with E-state index >= 15 is 0 Å². The minimum absolute atomic E-state index is 0.265. The molecule has 0 amide bonds. The molecular formula is C11H11F3O4S. The van der Waals surface area contributed by atoms with Crippen LogP contribution in [0.15, 0.2) is 36.9 Å². The van der Waals surface area contributed by atoms with Crippen molar-refractivity contribution in [3.05, 3.63) is 42.5 Å². The van der Waals surface area contributed by atoms with Crippen molar-refractivity contribution in [2.45, 2.75) is 18.0 Å². The smallest absolute Gasteiger partial charge is 0.388 e. The van der Waals surface area contributed by atoms with Crippen LogP contribution in [0, 0.1) is 0 Å². The predicted octanol–water partition coefficient (Wildman–Crippen LogP) is 2.52. The first-order valence-electron chi connectivity index (χ1n) is 5.07. The highest BCUT2D eigenvalue weighted by Crippen LogP contribution is 2.28. The molecule has 0 spiro atoms. The van der Waals surface area contributed by atoms with E-state index in [4.69, 9.17) is 0 Å². The van der Waals surface area contributed by atoms with Gasteiger partial charge in [0, 0.05) is 0 Å². The molecule has 0 fully saturated rings. The summed E-state index contributed by atoms with van der Waals surface area (Å²) < 4.78 is 61.6. The first-order valence-corrected chi connectivity index (χ1v) is 6.48. The normalized spacial score (nSPS) is 13.9. The molecule has 0 aliphatic carbocycles. The van der Waals surface area contributed by atoms with E-state index in [0.717, 1.165) is 12.1 Å². The summed E-state index contributed by atoms with van der Waals surface area (Å²) in [7, 11) is -5.67. The number of aliphatic hydroxyl groups excluding tert-OH is 1. The van der Waals surface area contributed by atoms with Gasteiger partial charge in [0.1, 0.15) is 5.75 Å². The van der Waals surface area contributed by atoms with Crippen molar-refractivity contribution in [1.82, 2.24) is 0 Å². The average Bonchev–Trinajstić information content (AvgIpc) is 2.28. The van der Waals surface area contributed by atoms with Crippen LogP contribution < -0.4 is 4.18 Å². The van der Waals surface area contributed by atoms with Crippen molar-refractivity contribution in [3.63, 3.8) is 0 Å². The molecule has 1 atom stereocenters. The van der Waals surface area contributed by atoms with E-state index < -0.39 is 27.5 Å². The summed E-state index contributed by atoms with van der Waals surface area (Å²) in [4.78, 5) is 0. The van der Waals surface area contributed by atoms with Gasteiger partial charge in [-0.3, -0.25) is 0 Å². The van der Waals surface area contributed by atoms with Crippen LogP contribution in [0.1, 0.15) is 18.1 Å². The molecule has 0 saturated carbocycles. The summed E-state index contributed by atoms with van der Waals surface area (Å²) in [6.07, 6.45) is 0.885. The van der Waals surface area contributed by atoms with E-state index in [9.17, 15) is 26.7 Å². The molecule has 1 rings (SSSR count). The van der Waals surface area contributed by atoms with Gasteiger partial charge in [-0.05, 0) is 24.1 Å². The Labute approximate surface area is 108 Å². The van der Waals surface area contributed by atoms with Gasteiger partial charge in [0.2, 0.25) is 0 Å². The molecule has 1 aromatic carbocycles. The van der Waals surface area contributed by atoms with Crippen LogP contribution in [0.3, 0.4) is 0 Å². The van der Waals surface area contributed by atoms with E-state index in [1.54, 1.807) is 0 Å². The molecule has 0 unspecified atom stereocenters. The van der Waals surface area contributed by atoms with Crippen LogP contribution in [0.4, 0.5) is 13.2 Å². The first-order chi connectivity index (χ1) is 8.67. The molecule has 0 heterocycles. The molecule has 0 aliphatic heterocycles. The number of rotatable bonds is 5. The molecule has 0 radical (unpaired) electrons. The molecule has 0 aliphatic rings. The monoisotopic (exact) mass is 296 g/mol. The van der Waals surface area contributed by atoms with Gasteiger partial charge >= 0.3 is 15.6 Å². The van der Waals surface area contributed by atoms with E-state index in [-0.39, 0.29) is 6.42 Å². The van der Waals surface area contributed by atoms with Crippen molar-refractivity contribution in [2.24, 2.45) is 0 Å². The summed E-state index contributed by atoms with van der Waals surface area (Å²) in [6.45, 7) is 3.43. The Bertz CT molecular complexity index is 534. The number of halogens is 3. The first kappa shape index (κ1) is 15.5. The molecule has 1 N–H and O–H groups in total. The van der Waals surface area contributed by atoms with Crippen molar-refractivity contribution in [3.8, 4) is 5.75 Å². The molecular weight excluding hydrogens is 285 g/mol. The summed E-state index contributed by atoms with van der Waals surface area (Å²) in [5, 5.41) is 9.56. The van der Waals surface area contributed by atoms with Gasteiger partial charge in [-0.1, -0.05) is 18.2 Å². The zero-order chi connectivity index (χ0) is 14.7. The Kier molecular flexibility index (Phi) is 4.59. The second kappa shape index (κ2) is 5.62. The summed E-state index contributed by atoms with van der Waals surface area (Å²) in [5.74, 6) is -0.480. The van der Waals surface area contributed by atoms with Gasteiger partial charge in [0.15, 0.2) is 0 Å². The maximum absolute atomic E-state index is 12.1. The Hall–Kier alpha value is -1.54. The van der Waals surface area contributed by atoms with Gasteiger partial charge in [-0.15, -0.1) is 6.58 Å². The maximum Gasteiger partial charge on any atom is 0.534 e. The third-order valence-corrected chi connectivity index (χ3v) is 3.12. The number of hydrogen-bond acceptors (Lipinski definition) is 4. The molecule has 0 aromatic heterocycles. The topological polar surface area (TPSA) is 63.6 Å². The van der Waals surface area contributed by atoms with Crippen LogP contribution in [0.25, 0.3) is 0 Å². The average molecular weight is 296 g/mol. The Morgan fingerprint density at radius 3 is 2.26 bits per heavy atom. The van der Waals surface area contributed by atoms with Crippen molar-refractivity contribution >= 4 is 10.1 Å². The third-order valence-electron chi connectivity index (χ3n) is 2.14. The van der Waals surface area contributed by atoms with Gasteiger partial charge in [-0.2, -0.15) is 21.6 Å². The van der Waals surface area contributed by atoms with Crippen molar-refractivity contribution < 1.29 is 30.9 Å². The van der Waals surface area contributed by atoms with E-state index in [1.807, 2.05) is 0 Å². The molecule has 0 bridgehead atoms. The molecule has 4 nitrogen and oxygen atoms in total. The highest BCUT2D eigenvalue weighted by molar-refractivity contribution is 7.87. The highest BCUT2D eigenvalue weighted by Gasteiger charge is 2.48. The SMILES string of the molecule is C=CC[C@@H](O)c1ccc(OS(=O)(=O)C(F)(F)F)cc1. The fourth-order valence-corrected chi connectivity index (χ4v) is 1.67. The number of alkyl halides is 3. The molecule has 106 valence electrons. The molecule has 19 heavy (non-hydrogen) atoms. The van der Waals surface area contributed by atoms with Crippen LogP contribution >= 0.6 is 0 Å². The lowest BCUT2D eigenvalue weighted by Gasteiger charge is -2.11. The third kappa shape index (κ3) is 3.97. The minimum atomic E-state index is -5.67. The Morgan fingerprint density at radius 2 is 1.84 bits per heavy atom. The van der Waals surface area contributed by atoms with Gasteiger partial charge in [-0.25, -0.2) is 0 Å². The zero-order valence-corrected chi connectivity index (χ0v) is 10.4. The largest absolute Gasteiger partial charge is 0.534 e. The highest BCUT2D eigenvalue weighted by atomic mass is 32.2. The van der Waals surface area contributed by atoms with Crippen LogP contribution in [-0.4, -0.2) is 19.0 Å². The number of aliphatic hydroxyl groups is 1. The van der Waals surface area contributed by atoms with Gasteiger partial charge in [0.05, 0.1) is 6.10 Å². The van der Waals surface area contributed by atoms with Gasteiger partial charge in [0.25, 0.3) is 0 Å². The lowest BCUT2D eigenvalue weighted by Crippen LogP contribution is -2.28. The summed E-state index contributed by atoms with van der Waals surface area (Å²) in [5.41, 5.74) is -5.06. The second-order valence-electron chi connectivity index (χ2n) is 3.59. The molecule has 1 aromatic rings. The number of benzene rings is 1. The zero-order valence-electron chi connectivity index (χ0n) is 9.59. The van der Waals surface area contributed by atoms with E-state index in [2.05, 4.69) is 10.8 Å². The fourth-order valence-electron chi connectivity index (χ4n) is 1.21. The molecule has 8 heteroatoms. The van der Waals surface area contributed by atoms with E-state index in [1.165, 1.54) is 18.2 Å². The van der Waals surface area contributed by atoms with E-state index in [0.29, 0.717) is 5.56 Å². The molecule has 0 saturated heterocycles. The van der Waals surface area contributed by atoms with Crippen molar-refractivity contribution in [2.75, 3.05) is 0 Å². The Morgan fingerprint density at radius 1 is 1.32 bits per heavy atom. The standard InChI is InChI=1S/C11H11F3O4S/c1-2-3-10(15)8-4-6-9(7-5-8)18-19(16,17)11(12,13)14/h2,4-7,10,15H,1,3H2/t10-/m1/s1. The summed E-state index contributed by atoms with van der Waals surface area (Å²) in [6, 6.07) is 4.61. The lowest BCUT2D eigenvalue weighted by atomic mass is 10.1. The van der Waals surface area contributed by atoms with Gasteiger partial charge < -0.3 is 9.29 Å². The quantitative estimate of drug-likeness (QED) is 0.515. The maximum atomic E-state index is 12.1. The van der Waals surface area contributed by atoms with Crippen molar-refractivity contribution in [1.29, 1.82) is 0 Å². The second-order valence-corrected chi connectivity index (χ2v) is 5.13. The lowest BCUT2D eigenvalue weighted by molar-refractivity contribution is -0.0500. The summed E-state index contributed by atoms with van der Waals surface area (Å²) >= 11 is 0.